The number of carbonyl (C=O) groups is 2. The molecule has 2 aromatic rings. The highest BCUT2D eigenvalue weighted by atomic mass is 16.5. The number of nitrogens with zero attached hydrogens (tertiary/aromatic N) is 2. The van der Waals surface area contributed by atoms with E-state index in [0.29, 0.717) is 36.9 Å². The first-order valence-electron chi connectivity index (χ1n) is 8.42. The number of imidazole rings is 1. The van der Waals surface area contributed by atoms with E-state index in [0.717, 1.165) is 5.56 Å². The second kappa shape index (κ2) is 7.47. The third-order valence-electron chi connectivity index (χ3n) is 4.15. The molecule has 2 amide bonds. The molecule has 8 heteroatoms. The van der Waals surface area contributed by atoms with E-state index in [1.165, 1.54) is 0 Å². The molecule has 8 nitrogen and oxygen atoms in total. The van der Waals surface area contributed by atoms with Crippen LogP contribution < -0.4 is 10.1 Å². The maximum atomic E-state index is 12.5. The Kier molecular flexibility index (Phi) is 5.11. The highest BCUT2D eigenvalue weighted by Crippen LogP contribution is 2.23. The lowest BCUT2D eigenvalue weighted by molar-refractivity contribution is 0.0283. The van der Waals surface area contributed by atoms with Crippen LogP contribution in [0.4, 0.5) is 4.79 Å². The third kappa shape index (κ3) is 3.79. The first kappa shape index (κ1) is 17.8. The number of methoxy groups -OCH3 is 1. The SMILES string of the molecule is COc1cccc(-c2nc(C(=O)OC(C)CN3CCNC3=O)c(C)[nH]2)c1. The number of hydrogen-bond acceptors (Lipinski definition) is 5. The molecule has 0 radical (unpaired) electrons. The van der Waals surface area contributed by atoms with Gasteiger partial charge in [0.2, 0.25) is 0 Å². The van der Waals surface area contributed by atoms with Gasteiger partial charge in [-0.05, 0) is 26.0 Å². The molecule has 3 rings (SSSR count). The average Bonchev–Trinajstić information content (AvgIpc) is 3.21. The molecule has 1 aliphatic rings. The van der Waals surface area contributed by atoms with Crippen LogP contribution in [0.3, 0.4) is 0 Å². The number of aromatic nitrogens is 2. The molecule has 1 atom stereocenters. The second-order valence-corrected chi connectivity index (χ2v) is 6.18. The lowest BCUT2D eigenvalue weighted by atomic mass is 10.2. The topological polar surface area (TPSA) is 96.6 Å². The van der Waals surface area contributed by atoms with Gasteiger partial charge in [0.25, 0.3) is 0 Å². The number of H-pyrrole nitrogens is 1. The fraction of sp³-hybridized carbons (Fsp3) is 0.389. The van der Waals surface area contributed by atoms with Gasteiger partial charge in [0, 0.05) is 24.3 Å². The van der Waals surface area contributed by atoms with E-state index in [4.69, 9.17) is 9.47 Å². The van der Waals surface area contributed by atoms with Crippen LogP contribution in [-0.2, 0) is 4.74 Å². The summed E-state index contributed by atoms with van der Waals surface area (Å²) < 4.78 is 10.7. The van der Waals surface area contributed by atoms with Crippen LogP contribution >= 0.6 is 0 Å². The van der Waals surface area contributed by atoms with Crippen molar-refractivity contribution in [3.63, 3.8) is 0 Å². The largest absolute Gasteiger partial charge is 0.497 e. The minimum Gasteiger partial charge on any atom is -0.497 e. The third-order valence-corrected chi connectivity index (χ3v) is 4.15. The lowest BCUT2D eigenvalue weighted by Gasteiger charge is -2.19. The van der Waals surface area contributed by atoms with Gasteiger partial charge in [0.05, 0.1) is 13.7 Å². The number of aromatic amines is 1. The number of hydrogen-bond donors (Lipinski definition) is 2. The van der Waals surface area contributed by atoms with Gasteiger partial charge in [-0.15, -0.1) is 0 Å². The molecule has 1 unspecified atom stereocenters. The van der Waals surface area contributed by atoms with Gasteiger partial charge in [-0.3, -0.25) is 0 Å². The van der Waals surface area contributed by atoms with Gasteiger partial charge in [0.1, 0.15) is 17.7 Å². The molecule has 26 heavy (non-hydrogen) atoms. The molecule has 1 aromatic heterocycles. The van der Waals surface area contributed by atoms with Gasteiger partial charge < -0.3 is 24.7 Å². The molecule has 0 bridgehead atoms. The number of urea groups is 1. The van der Waals surface area contributed by atoms with E-state index in [1.54, 1.807) is 25.9 Å². The number of aryl methyl sites for hydroxylation is 1. The quantitative estimate of drug-likeness (QED) is 0.770. The van der Waals surface area contributed by atoms with E-state index in [2.05, 4.69) is 15.3 Å². The molecule has 1 aliphatic heterocycles. The molecule has 2 heterocycles. The molecule has 1 aromatic carbocycles. The standard InChI is InChI=1S/C18H22N4O4/c1-11(10-22-8-7-19-18(22)24)26-17(23)15-12(2)20-16(21-15)13-5-4-6-14(9-13)25-3/h4-6,9,11H,7-8,10H2,1-3H3,(H,19,24)(H,20,21). The number of ether oxygens (including phenoxy) is 2. The summed E-state index contributed by atoms with van der Waals surface area (Å²) >= 11 is 0. The Balaban J connectivity index is 1.69. The van der Waals surface area contributed by atoms with Crippen molar-refractivity contribution < 1.29 is 19.1 Å². The monoisotopic (exact) mass is 358 g/mol. The zero-order valence-electron chi connectivity index (χ0n) is 15.0. The number of rotatable bonds is 6. The zero-order chi connectivity index (χ0) is 18.7. The molecule has 1 saturated heterocycles. The summed E-state index contributed by atoms with van der Waals surface area (Å²) in [6.45, 7) is 5.11. The maximum Gasteiger partial charge on any atom is 0.359 e. The van der Waals surface area contributed by atoms with Crippen LogP contribution in [0.5, 0.6) is 5.75 Å². The van der Waals surface area contributed by atoms with Gasteiger partial charge >= 0.3 is 12.0 Å². The van der Waals surface area contributed by atoms with Crippen molar-refractivity contribution in [1.82, 2.24) is 20.2 Å². The Morgan fingerprint density at radius 3 is 2.92 bits per heavy atom. The Morgan fingerprint density at radius 1 is 1.42 bits per heavy atom. The van der Waals surface area contributed by atoms with Crippen LogP contribution in [0.2, 0.25) is 0 Å². The van der Waals surface area contributed by atoms with E-state index in [1.807, 2.05) is 24.3 Å². The van der Waals surface area contributed by atoms with Crippen molar-refractivity contribution in [2.75, 3.05) is 26.7 Å². The van der Waals surface area contributed by atoms with Crippen molar-refractivity contribution in [3.8, 4) is 17.1 Å². The molecule has 0 aliphatic carbocycles. The second-order valence-electron chi connectivity index (χ2n) is 6.18. The van der Waals surface area contributed by atoms with Gasteiger partial charge in [-0.1, -0.05) is 12.1 Å². The summed E-state index contributed by atoms with van der Waals surface area (Å²) in [6.07, 6.45) is -0.428. The molecule has 138 valence electrons. The fourth-order valence-corrected chi connectivity index (χ4v) is 2.84. The van der Waals surface area contributed by atoms with Crippen LogP contribution in [0.15, 0.2) is 24.3 Å². The van der Waals surface area contributed by atoms with Crippen molar-refractivity contribution in [3.05, 3.63) is 35.7 Å². The predicted molar refractivity (Wildman–Crippen MR) is 95.2 cm³/mol. The Labute approximate surface area is 151 Å². The Morgan fingerprint density at radius 2 is 2.23 bits per heavy atom. The summed E-state index contributed by atoms with van der Waals surface area (Å²) in [5, 5.41) is 2.72. The average molecular weight is 358 g/mol. The van der Waals surface area contributed by atoms with Crippen molar-refractivity contribution in [2.24, 2.45) is 0 Å². The van der Waals surface area contributed by atoms with Gasteiger partial charge in [-0.2, -0.15) is 0 Å². The normalized spacial score (nSPS) is 14.9. The first-order valence-corrected chi connectivity index (χ1v) is 8.42. The number of nitrogens with one attached hydrogen (secondary N) is 2. The first-order chi connectivity index (χ1) is 12.5. The molecular formula is C18H22N4O4. The van der Waals surface area contributed by atoms with Gasteiger partial charge in [0.15, 0.2) is 5.69 Å². The maximum absolute atomic E-state index is 12.5. The highest BCUT2D eigenvalue weighted by Gasteiger charge is 2.25. The highest BCUT2D eigenvalue weighted by molar-refractivity contribution is 5.89. The predicted octanol–water partition coefficient (Wildman–Crippen LogP) is 1.96. The van der Waals surface area contributed by atoms with Crippen molar-refractivity contribution >= 4 is 12.0 Å². The fourth-order valence-electron chi connectivity index (χ4n) is 2.84. The lowest BCUT2D eigenvalue weighted by Crippen LogP contribution is -2.36. The van der Waals surface area contributed by atoms with E-state index in [9.17, 15) is 9.59 Å². The number of benzene rings is 1. The van der Waals surface area contributed by atoms with Crippen LogP contribution in [-0.4, -0.2) is 59.7 Å². The summed E-state index contributed by atoms with van der Waals surface area (Å²) in [4.78, 5) is 33.1. The minimum absolute atomic E-state index is 0.135. The molecule has 2 N–H and O–H groups in total. The zero-order valence-corrected chi connectivity index (χ0v) is 15.0. The molecule has 0 spiro atoms. The van der Waals surface area contributed by atoms with E-state index >= 15 is 0 Å². The molecule has 0 saturated carbocycles. The Hall–Kier alpha value is -3.03. The van der Waals surface area contributed by atoms with E-state index in [-0.39, 0.29) is 11.7 Å². The summed E-state index contributed by atoms with van der Waals surface area (Å²) in [6, 6.07) is 7.27. The minimum atomic E-state index is -0.514. The van der Waals surface area contributed by atoms with Crippen LogP contribution in [0.25, 0.3) is 11.4 Å². The van der Waals surface area contributed by atoms with Crippen LogP contribution in [0, 0.1) is 6.92 Å². The van der Waals surface area contributed by atoms with E-state index < -0.39 is 12.1 Å². The van der Waals surface area contributed by atoms with Gasteiger partial charge in [-0.25, -0.2) is 14.6 Å². The number of carbonyl (C=O) groups excluding carboxylic acids is 2. The number of amides is 2. The summed E-state index contributed by atoms with van der Waals surface area (Å²) in [5.41, 5.74) is 1.67. The van der Waals surface area contributed by atoms with Crippen LogP contribution in [0.1, 0.15) is 23.1 Å². The number of esters is 1. The molecule has 1 fully saturated rings. The molecular weight excluding hydrogens is 336 g/mol. The smallest absolute Gasteiger partial charge is 0.359 e. The summed E-state index contributed by atoms with van der Waals surface area (Å²) in [7, 11) is 1.59. The van der Waals surface area contributed by atoms with Crippen molar-refractivity contribution in [2.45, 2.75) is 20.0 Å². The van der Waals surface area contributed by atoms with Crippen molar-refractivity contribution in [1.29, 1.82) is 0 Å². The summed E-state index contributed by atoms with van der Waals surface area (Å²) in [5.74, 6) is 0.762. The Bertz CT molecular complexity index is 817.